The summed E-state index contributed by atoms with van der Waals surface area (Å²) >= 11 is 0. The topological polar surface area (TPSA) is 36.9 Å². The molecule has 2 heterocycles. The zero-order chi connectivity index (χ0) is 16.0. The molecule has 0 fully saturated rings. The van der Waals surface area contributed by atoms with E-state index in [1.165, 1.54) is 5.56 Å². The van der Waals surface area contributed by atoms with Gasteiger partial charge in [-0.3, -0.25) is 0 Å². The van der Waals surface area contributed by atoms with Crippen LogP contribution in [0.2, 0.25) is 0 Å². The van der Waals surface area contributed by atoms with Gasteiger partial charge in [-0.05, 0) is 29.5 Å². The Morgan fingerprint density at radius 3 is 2.26 bits per heavy atom. The first kappa shape index (κ1) is 14.2. The zero-order valence-electron chi connectivity index (χ0n) is 13.6. The van der Waals surface area contributed by atoms with Gasteiger partial charge < -0.3 is 18.9 Å². The lowest BCUT2D eigenvalue weighted by Crippen LogP contribution is -2.10. The van der Waals surface area contributed by atoms with Gasteiger partial charge in [0.25, 0.3) is 0 Å². The van der Waals surface area contributed by atoms with Crippen LogP contribution in [0.1, 0.15) is 26.3 Å². The summed E-state index contributed by atoms with van der Waals surface area (Å²) in [5, 5.41) is 0. The molecular weight excluding hydrogens is 292 g/mol. The maximum Gasteiger partial charge on any atom is 0.231 e. The second-order valence-electron chi connectivity index (χ2n) is 7.11. The molecule has 23 heavy (non-hydrogen) atoms. The Labute approximate surface area is 135 Å². The molecule has 0 saturated heterocycles. The van der Waals surface area contributed by atoms with E-state index in [1.807, 2.05) is 18.2 Å². The Balaban J connectivity index is 1.93. The highest BCUT2D eigenvalue weighted by Crippen LogP contribution is 2.50. The van der Waals surface area contributed by atoms with E-state index in [1.54, 1.807) is 0 Å². The molecule has 4 nitrogen and oxygen atoms in total. The molecule has 0 aromatic heterocycles. The molecule has 0 spiro atoms. The largest absolute Gasteiger partial charge is 0.454 e. The van der Waals surface area contributed by atoms with Crippen LogP contribution in [-0.2, 0) is 6.42 Å². The van der Waals surface area contributed by atoms with Crippen molar-refractivity contribution in [3.63, 3.8) is 0 Å². The van der Waals surface area contributed by atoms with Gasteiger partial charge in [0.05, 0.1) is 0 Å². The van der Waals surface area contributed by atoms with Crippen LogP contribution in [0.25, 0.3) is 11.1 Å². The van der Waals surface area contributed by atoms with Gasteiger partial charge in [0.2, 0.25) is 13.6 Å². The average molecular weight is 312 g/mol. The molecule has 0 amide bonds. The number of fused-ring (bicyclic) bond motifs is 2. The highest BCUT2D eigenvalue weighted by molar-refractivity contribution is 5.83. The van der Waals surface area contributed by atoms with E-state index in [0.717, 1.165) is 40.5 Å². The fourth-order valence-corrected chi connectivity index (χ4v) is 3.15. The molecule has 0 bridgehead atoms. The number of hydrogen-bond acceptors (Lipinski definition) is 4. The summed E-state index contributed by atoms with van der Waals surface area (Å²) in [5.41, 5.74) is 3.45. The highest BCUT2D eigenvalue weighted by atomic mass is 16.7. The summed E-state index contributed by atoms with van der Waals surface area (Å²) < 4.78 is 22.6. The minimum atomic E-state index is 0.164. The van der Waals surface area contributed by atoms with Crippen LogP contribution in [0.4, 0.5) is 0 Å². The van der Waals surface area contributed by atoms with Crippen molar-refractivity contribution in [1.29, 1.82) is 0 Å². The number of rotatable bonds is 2. The Bertz CT molecular complexity index is 759. The van der Waals surface area contributed by atoms with Crippen molar-refractivity contribution < 1.29 is 18.9 Å². The van der Waals surface area contributed by atoms with Crippen LogP contribution in [-0.4, -0.2) is 13.6 Å². The fraction of sp³-hybridized carbons (Fsp3) is 0.368. The van der Waals surface area contributed by atoms with Crippen molar-refractivity contribution in [3.05, 3.63) is 35.9 Å². The number of benzene rings is 2. The van der Waals surface area contributed by atoms with E-state index in [4.69, 9.17) is 18.9 Å². The molecule has 0 saturated carbocycles. The molecule has 4 heteroatoms. The molecule has 0 N–H and O–H groups in total. The molecule has 0 radical (unpaired) electrons. The Morgan fingerprint density at radius 1 is 0.826 bits per heavy atom. The molecule has 2 aliphatic rings. The number of ether oxygens (including phenoxy) is 4. The van der Waals surface area contributed by atoms with Gasteiger partial charge in [0.15, 0.2) is 23.0 Å². The lowest BCUT2D eigenvalue weighted by molar-refractivity contribution is 0.173. The molecule has 2 aromatic rings. The van der Waals surface area contributed by atoms with Gasteiger partial charge in [-0.15, -0.1) is 0 Å². The molecule has 2 aliphatic heterocycles. The van der Waals surface area contributed by atoms with Gasteiger partial charge >= 0.3 is 0 Å². The summed E-state index contributed by atoms with van der Waals surface area (Å²) in [5.74, 6) is 3.15. The molecule has 120 valence electrons. The SMILES string of the molecule is CC(C)(C)Cc1ccc2c(c1-c1cccc3c1OCO3)OCO2. The van der Waals surface area contributed by atoms with E-state index < -0.39 is 0 Å². The first-order valence-corrected chi connectivity index (χ1v) is 7.83. The predicted molar refractivity (Wildman–Crippen MR) is 87.3 cm³/mol. The first-order chi connectivity index (χ1) is 11.0. The van der Waals surface area contributed by atoms with Crippen LogP contribution in [0.15, 0.2) is 30.3 Å². The van der Waals surface area contributed by atoms with Crippen LogP contribution in [0.5, 0.6) is 23.0 Å². The van der Waals surface area contributed by atoms with E-state index >= 15 is 0 Å². The van der Waals surface area contributed by atoms with Crippen molar-refractivity contribution in [2.45, 2.75) is 27.2 Å². The molecular formula is C19H20O4. The average Bonchev–Trinajstić information content (AvgIpc) is 3.13. The summed E-state index contributed by atoms with van der Waals surface area (Å²) in [6, 6.07) is 10.1. The van der Waals surface area contributed by atoms with E-state index in [9.17, 15) is 0 Å². The van der Waals surface area contributed by atoms with Crippen molar-refractivity contribution in [2.75, 3.05) is 13.6 Å². The van der Waals surface area contributed by atoms with Crippen LogP contribution in [0, 0.1) is 5.41 Å². The molecule has 0 atom stereocenters. The fourth-order valence-electron chi connectivity index (χ4n) is 3.15. The monoisotopic (exact) mass is 312 g/mol. The lowest BCUT2D eigenvalue weighted by atomic mass is 9.84. The van der Waals surface area contributed by atoms with Crippen molar-refractivity contribution in [3.8, 4) is 34.1 Å². The van der Waals surface area contributed by atoms with Gasteiger partial charge in [-0.1, -0.05) is 39.0 Å². The lowest BCUT2D eigenvalue weighted by Gasteiger charge is -2.22. The molecule has 2 aromatic carbocycles. The highest BCUT2D eigenvalue weighted by Gasteiger charge is 2.28. The van der Waals surface area contributed by atoms with Gasteiger partial charge in [-0.25, -0.2) is 0 Å². The normalized spacial score (nSPS) is 15.1. The van der Waals surface area contributed by atoms with E-state index in [-0.39, 0.29) is 19.0 Å². The maximum absolute atomic E-state index is 5.78. The van der Waals surface area contributed by atoms with Crippen molar-refractivity contribution >= 4 is 0 Å². The van der Waals surface area contributed by atoms with E-state index in [0.29, 0.717) is 0 Å². The van der Waals surface area contributed by atoms with Gasteiger partial charge in [0.1, 0.15) is 0 Å². The van der Waals surface area contributed by atoms with E-state index in [2.05, 4.69) is 32.9 Å². The third-order valence-electron chi connectivity index (χ3n) is 4.01. The Kier molecular flexibility index (Phi) is 3.15. The third-order valence-corrected chi connectivity index (χ3v) is 4.01. The molecule has 4 rings (SSSR count). The van der Waals surface area contributed by atoms with Crippen LogP contribution in [0.3, 0.4) is 0 Å². The van der Waals surface area contributed by atoms with Gasteiger partial charge in [0, 0.05) is 11.1 Å². The minimum Gasteiger partial charge on any atom is -0.454 e. The molecule has 0 unspecified atom stereocenters. The van der Waals surface area contributed by atoms with Crippen LogP contribution < -0.4 is 18.9 Å². The third kappa shape index (κ3) is 2.48. The summed E-state index contributed by atoms with van der Waals surface area (Å²) in [6.07, 6.45) is 0.934. The predicted octanol–water partition coefficient (Wildman–Crippen LogP) is 4.40. The number of hydrogen-bond donors (Lipinski definition) is 0. The number of para-hydroxylation sites is 1. The summed E-state index contributed by atoms with van der Waals surface area (Å²) in [7, 11) is 0. The second-order valence-corrected chi connectivity index (χ2v) is 7.11. The van der Waals surface area contributed by atoms with Crippen molar-refractivity contribution in [1.82, 2.24) is 0 Å². The minimum absolute atomic E-state index is 0.164. The summed E-state index contributed by atoms with van der Waals surface area (Å²) in [4.78, 5) is 0. The Hall–Kier alpha value is -2.36. The Morgan fingerprint density at radius 2 is 1.52 bits per heavy atom. The molecule has 0 aliphatic carbocycles. The standard InChI is InChI=1S/C19H20O4/c1-19(2,3)9-12-7-8-15-18(23-11-21-15)16(12)13-5-4-6-14-17(13)22-10-20-14/h4-8H,9-11H2,1-3H3. The quantitative estimate of drug-likeness (QED) is 0.823. The van der Waals surface area contributed by atoms with Gasteiger partial charge in [-0.2, -0.15) is 0 Å². The summed E-state index contributed by atoms with van der Waals surface area (Å²) in [6.45, 7) is 7.21. The zero-order valence-corrected chi connectivity index (χ0v) is 13.6. The second kappa shape index (κ2) is 5.08. The van der Waals surface area contributed by atoms with Crippen molar-refractivity contribution in [2.24, 2.45) is 5.41 Å². The van der Waals surface area contributed by atoms with Crippen LogP contribution >= 0.6 is 0 Å². The smallest absolute Gasteiger partial charge is 0.231 e. The maximum atomic E-state index is 5.78. The first-order valence-electron chi connectivity index (χ1n) is 7.83.